The summed E-state index contributed by atoms with van der Waals surface area (Å²) < 4.78 is 25.0. The van der Waals surface area contributed by atoms with Crippen LogP contribution in [0.1, 0.15) is 125 Å². The van der Waals surface area contributed by atoms with Crippen molar-refractivity contribution >= 4 is 11.8 Å². The first-order chi connectivity index (χ1) is 21.8. The summed E-state index contributed by atoms with van der Waals surface area (Å²) in [5, 5.41) is 31.1. The lowest BCUT2D eigenvalue weighted by molar-refractivity contribution is -0.347. The lowest BCUT2D eigenvalue weighted by atomic mass is 9.78. The minimum atomic E-state index is -1.45. The molecule has 264 valence electrons. The molecule has 12 unspecified atom stereocenters. The molecule has 9 heteroatoms. The van der Waals surface area contributed by atoms with Gasteiger partial charge >= 0.3 is 5.97 Å². The van der Waals surface area contributed by atoms with Gasteiger partial charge in [0.25, 0.3) is 0 Å². The van der Waals surface area contributed by atoms with Crippen molar-refractivity contribution in [2.75, 3.05) is 6.61 Å². The maximum atomic E-state index is 13.7. The van der Waals surface area contributed by atoms with Gasteiger partial charge in [-0.3, -0.25) is 9.59 Å². The van der Waals surface area contributed by atoms with Crippen molar-refractivity contribution < 1.29 is 43.9 Å². The predicted molar refractivity (Wildman–Crippen MR) is 175 cm³/mol. The zero-order valence-electron chi connectivity index (χ0n) is 29.2. The van der Waals surface area contributed by atoms with E-state index >= 15 is 0 Å². The Balaban J connectivity index is 1.27. The average molecular weight is 651 g/mol. The second-order valence-corrected chi connectivity index (χ2v) is 15.3. The van der Waals surface area contributed by atoms with Gasteiger partial charge in [-0.25, -0.2) is 0 Å². The lowest BCUT2D eigenvalue weighted by Gasteiger charge is -2.44. The summed E-state index contributed by atoms with van der Waals surface area (Å²) in [6.45, 7) is 12.6. The van der Waals surface area contributed by atoms with E-state index in [2.05, 4.69) is 20.8 Å². The van der Waals surface area contributed by atoms with E-state index in [0.29, 0.717) is 38.7 Å². The van der Waals surface area contributed by atoms with E-state index in [1.54, 1.807) is 6.08 Å². The molecule has 4 rings (SSSR count). The minimum absolute atomic E-state index is 0.0166. The van der Waals surface area contributed by atoms with Gasteiger partial charge < -0.3 is 34.3 Å². The van der Waals surface area contributed by atoms with E-state index in [9.17, 15) is 24.9 Å². The normalized spacial score (nSPS) is 37.3. The summed E-state index contributed by atoms with van der Waals surface area (Å²) in [4.78, 5) is 25.4. The number of aliphatic hydroxyl groups excluding tert-OH is 1. The number of aliphatic carboxylic acids is 1. The maximum absolute atomic E-state index is 13.7. The van der Waals surface area contributed by atoms with E-state index < -0.39 is 29.6 Å². The number of carbonyl (C=O) groups is 2. The molecular weight excluding hydrogens is 588 g/mol. The Labute approximate surface area is 276 Å². The molecule has 1 spiro atoms. The highest BCUT2D eigenvalue weighted by atomic mass is 16.8. The zero-order valence-corrected chi connectivity index (χ0v) is 29.2. The molecule has 0 aromatic rings. The molecule has 3 N–H and O–H groups in total. The van der Waals surface area contributed by atoms with Gasteiger partial charge in [0.05, 0.1) is 43.0 Å². The minimum Gasteiger partial charge on any atom is -0.481 e. The topological polar surface area (TPSA) is 132 Å². The van der Waals surface area contributed by atoms with Gasteiger partial charge in [0.15, 0.2) is 11.6 Å². The van der Waals surface area contributed by atoms with Crippen LogP contribution >= 0.6 is 0 Å². The summed E-state index contributed by atoms with van der Waals surface area (Å²) in [6, 6.07) is 0. The summed E-state index contributed by atoms with van der Waals surface area (Å²) in [6.07, 6.45) is 12.6. The molecule has 0 bridgehead atoms. The number of carboxylic acids is 1. The van der Waals surface area contributed by atoms with Crippen molar-refractivity contribution in [1.82, 2.24) is 0 Å². The Morgan fingerprint density at radius 3 is 2.33 bits per heavy atom. The van der Waals surface area contributed by atoms with Crippen LogP contribution in [0.5, 0.6) is 0 Å². The van der Waals surface area contributed by atoms with Crippen molar-refractivity contribution in [3.8, 4) is 0 Å². The Morgan fingerprint density at radius 2 is 1.67 bits per heavy atom. The molecule has 4 aliphatic rings. The van der Waals surface area contributed by atoms with Crippen molar-refractivity contribution in [1.29, 1.82) is 0 Å². The summed E-state index contributed by atoms with van der Waals surface area (Å²) >= 11 is 0. The number of Topliss-reactive ketones (excluding diaryl/α,β-unsaturated/α-hetero) is 1. The van der Waals surface area contributed by atoms with Crippen LogP contribution in [-0.2, 0) is 28.5 Å². The molecule has 9 nitrogen and oxygen atoms in total. The fourth-order valence-electron chi connectivity index (χ4n) is 8.60. The van der Waals surface area contributed by atoms with Crippen molar-refractivity contribution in [3.05, 3.63) is 12.2 Å². The number of hydrogen-bond donors (Lipinski definition) is 3. The number of aliphatic hydroxyl groups is 2. The van der Waals surface area contributed by atoms with Crippen LogP contribution in [0.2, 0.25) is 0 Å². The van der Waals surface area contributed by atoms with Gasteiger partial charge in [0.2, 0.25) is 0 Å². The summed E-state index contributed by atoms with van der Waals surface area (Å²) in [5.41, 5.74) is 0. The van der Waals surface area contributed by atoms with Crippen LogP contribution in [0, 0.1) is 35.5 Å². The molecule has 0 radical (unpaired) electrons. The first kappa shape index (κ1) is 37.5. The molecule has 0 aromatic heterocycles. The third-order valence-corrected chi connectivity index (χ3v) is 11.4. The third kappa shape index (κ3) is 9.20. The molecule has 4 aliphatic heterocycles. The fraction of sp³-hybridized carbons (Fsp3) is 0.892. The largest absolute Gasteiger partial charge is 0.481 e. The standard InChI is InChI=1S/C37H62O9/c1-7-27(34(39)25(5)21-24(4)30-11-9-12-31(44-30)29(8-2)35(40)41)20-23(3)19-26(6)37(42)17-10-16-36(46-37)18-15-33(45-36)32-14-13-28(38)22-43-32/h10,17,23-33,38,42H,7-9,11-16,18-22H2,1-6H3,(H,40,41)/t23?,24?,25?,26?,27-,28?,29?,30?,31?,32?,33?,36?,37?/m1/s1. The molecule has 46 heavy (non-hydrogen) atoms. The first-order valence-electron chi connectivity index (χ1n) is 18.3. The predicted octanol–water partition coefficient (Wildman–Crippen LogP) is 6.43. The molecule has 0 aliphatic carbocycles. The first-order valence-corrected chi connectivity index (χ1v) is 18.3. The van der Waals surface area contributed by atoms with Gasteiger partial charge in [0, 0.05) is 30.6 Å². The number of rotatable bonds is 15. The van der Waals surface area contributed by atoms with Crippen molar-refractivity contribution in [2.45, 2.75) is 167 Å². The van der Waals surface area contributed by atoms with Crippen LogP contribution < -0.4 is 0 Å². The van der Waals surface area contributed by atoms with Gasteiger partial charge in [-0.15, -0.1) is 0 Å². The number of carbonyl (C=O) groups excluding carboxylic acids is 1. The number of carboxylic acid groups (broad SMARTS) is 1. The van der Waals surface area contributed by atoms with Gasteiger partial charge in [-0.1, -0.05) is 47.6 Å². The molecular formula is C37H62O9. The molecule has 3 saturated heterocycles. The molecule has 0 amide bonds. The Kier molecular flexibility index (Phi) is 13.3. The van der Waals surface area contributed by atoms with Crippen molar-refractivity contribution in [2.24, 2.45) is 35.5 Å². The van der Waals surface area contributed by atoms with E-state index in [-0.39, 0.29) is 59.8 Å². The van der Waals surface area contributed by atoms with E-state index in [0.717, 1.165) is 51.4 Å². The third-order valence-electron chi connectivity index (χ3n) is 11.4. The van der Waals surface area contributed by atoms with Gasteiger partial charge in [-0.2, -0.15) is 0 Å². The summed E-state index contributed by atoms with van der Waals surface area (Å²) in [7, 11) is 0. The van der Waals surface area contributed by atoms with Crippen molar-refractivity contribution in [3.63, 3.8) is 0 Å². The molecule has 4 heterocycles. The monoisotopic (exact) mass is 650 g/mol. The highest BCUT2D eigenvalue weighted by Gasteiger charge is 2.51. The quantitative estimate of drug-likeness (QED) is 0.172. The van der Waals surface area contributed by atoms with Gasteiger partial charge in [-0.05, 0) is 88.5 Å². The maximum Gasteiger partial charge on any atom is 0.309 e. The van der Waals surface area contributed by atoms with Crippen LogP contribution in [0.25, 0.3) is 0 Å². The Morgan fingerprint density at radius 1 is 0.935 bits per heavy atom. The van der Waals surface area contributed by atoms with E-state index in [1.807, 2.05) is 26.8 Å². The Bertz CT molecular complexity index is 1020. The average Bonchev–Trinajstić information content (AvgIpc) is 3.42. The number of ether oxygens (including phenoxy) is 4. The van der Waals surface area contributed by atoms with Crippen LogP contribution in [0.3, 0.4) is 0 Å². The van der Waals surface area contributed by atoms with Crippen LogP contribution in [0.4, 0.5) is 0 Å². The lowest BCUT2D eigenvalue weighted by Crippen LogP contribution is -2.51. The van der Waals surface area contributed by atoms with Crippen LogP contribution in [-0.4, -0.2) is 75.8 Å². The number of hydrogen-bond acceptors (Lipinski definition) is 8. The van der Waals surface area contributed by atoms with Gasteiger partial charge in [0.1, 0.15) is 5.78 Å². The second-order valence-electron chi connectivity index (χ2n) is 15.3. The SMILES string of the molecule is CCC(C(=O)O)C1CCCC(C(C)CC(C)C(=O)[C@H](CC)CC(C)CC(C)C2(O)C=CCC3(CCC(C4CCC(O)CO4)O3)O2)O1. The molecule has 0 saturated carbocycles. The molecule has 3 fully saturated rings. The smallest absolute Gasteiger partial charge is 0.309 e. The number of ketones is 1. The Hall–Kier alpha value is -1.36. The summed E-state index contributed by atoms with van der Waals surface area (Å²) in [5.74, 6) is -3.28. The molecule has 13 atom stereocenters. The van der Waals surface area contributed by atoms with E-state index in [1.165, 1.54) is 0 Å². The second kappa shape index (κ2) is 16.4. The van der Waals surface area contributed by atoms with E-state index in [4.69, 9.17) is 18.9 Å². The highest BCUT2D eigenvalue weighted by molar-refractivity contribution is 5.83. The fourth-order valence-corrected chi connectivity index (χ4v) is 8.60. The van der Waals surface area contributed by atoms with Crippen LogP contribution in [0.15, 0.2) is 12.2 Å². The molecule has 0 aromatic carbocycles. The highest BCUT2D eigenvalue weighted by Crippen LogP contribution is 2.46. The zero-order chi connectivity index (χ0) is 33.6.